The van der Waals surface area contributed by atoms with E-state index < -0.39 is 5.97 Å². The molecule has 0 aliphatic rings. The van der Waals surface area contributed by atoms with Gasteiger partial charge in [0.05, 0.1) is 23.1 Å². The molecule has 1 aromatic carbocycles. The minimum Gasteiger partial charge on any atom is -0.478 e. The first kappa shape index (κ1) is 14.5. The number of carboxylic acids is 1. The number of aromatic carboxylic acids is 1. The van der Waals surface area contributed by atoms with Crippen LogP contribution in [-0.4, -0.2) is 39.6 Å². The second-order valence-electron chi connectivity index (χ2n) is 5.78. The van der Waals surface area contributed by atoms with Crippen LogP contribution in [0.3, 0.4) is 0 Å². The lowest BCUT2D eigenvalue weighted by atomic mass is 10.2. The fraction of sp³-hybridized carbons (Fsp3) is 0.467. The van der Waals surface area contributed by atoms with E-state index in [0.717, 1.165) is 29.9 Å². The Morgan fingerprint density at radius 2 is 2.10 bits per heavy atom. The lowest BCUT2D eigenvalue weighted by molar-refractivity contribution is 0.0697. The molecule has 0 aliphatic heterocycles. The van der Waals surface area contributed by atoms with Crippen LogP contribution >= 0.6 is 0 Å². The van der Waals surface area contributed by atoms with Gasteiger partial charge in [-0.05, 0) is 38.2 Å². The monoisotopic (exact) mass is 275 g/mol. The molecule has 0 radical (unpaired) electrons. The van der Waals surface area contributed by atoms with Gasteiger partial charge in [-0.2, -0.15) is 0 Å². The first-order valence-corrected chi connectivity index (χ1v) is 6.75. The first-order valence-electron chi connectivity index (χ1n) is 6.75. The molecule has 0 saturated heterocycles. The van der Waals surface area contributed by atoms with Gasteiger partial charge in [0, 0.05) is 6.54 Å². The highest BCUT2D eigenvalue weighted by Gasteiger charge is 2.14. The standard InChI is InChI=1S/C15H21N3O2/c1-10(2)8-18-13-7-11(15(19)20)5-6-12(13)16-14(18)9-17(3)4/h5-7,10H,8-9H2,1-4H3,(H,19,20). The Morgan fingerprint density at radius 3 is 2.65 bits per heavy atom. The van der Waals surface area contributed by atoms with Crippen LogP contribution in [0.15, 0.2) is 18.2 Å². The van der Waals surface area contributed by atoms with Crippen molar-refractivity contribution >= 4 is 17.0 Å². The van der Waals surface area contributed by atoms with Gasteiger partial charge in [0.1, 0.15) is 5.82 Å². The summed E-state index contributed by atoms with van der Waals surface area (Å²) in [5.41, 5.74) is 2.06. The summed E-state index contributed by atoms with van der Waals surface area (Å²) < 4.78 is 2.13. The van der Waals surface area contributed by atoms with Gasteiger partial charge < -0.3 is 14.6 Å². The molecule has 0 aliphatic carbocycles. The van der Waals surface area contributed by atoms with Crippen LogP contribution in [0.2, 0.25) is 0 Å². The molecule has 0 atom stereocenters. The predicted octanol–water partition coefficient (Wildman–Crippen LogP) is 2.45. The van der Waals surface area contributed by atoms with Crippen LogP contribution in [0.25, 0.3) is 11.0 Å². The highest BCUT2D eigenvalue weighted by atomic mass is 16.4. The first-order chi connectivity index (χ1) is 9.38. The number of nitrogens with zero attached hydrogens (tertiary/aromatic N) is 3. The number of hydrogen-bond acceptors (Lipinski definition) is 3. The van der Waals surface area contributed by atoms with Crippen molar-refractivity contribution in [2.24, 2.45) is 5.92 Å². The number of benzene rings is 1. The lowest BCUT2D eigenvalue weighted by Gasteiger charge is -2.14. The molecule has 0 amide bonds. The summed E-state index contributed by atoms with van der Waals surface area (Å²) in [5, 5.41) is 9.13. The zero-order valence-electron chi connectivity index (χ0n) is 12.4. The van der Waals surface area contributed by atoms with Gasteiger partial charge in [-0.3, -0.25) is 0 Å². The summed E-state index contributed by atoms with van der Waals surface area (Å²) in [6.45, 7) is 5.87. The van der Waals surface area contributed by atoms with E-state index in [1.54, 1.807) is 18.2 Å². The molecule has 20 heavy (non-hydrogen) atoms. The molecule has 2 rings (SSSR count). The average Bonchev–Trinajstić information content (AvgIpc) is 2.65. The molecule has 1 heterocycles. The second-order valence-corrected chi connectivity index (χ2v) is 5.78. The molecular weight excluding hydrogens is 254 g/mol. The Hall–Kier alpha value is -1.88. The van der Waals surface area contributed by atoms with E-state index in [1.807, 2.05) is 14.1 Å². The number of carbonyl (C=O) groups is 1. The molecule has 2 aromatic rings. The van der Waals surface area contributed by atoms with E-state index in [1.165, 1.54) is 0 Å². The molecule has 5 heteroatoms. The van der Waals surface area contributed by atoms with Crippen LogP contribution in [0.4, 0.5) is 0 Å². The number of imidazole rings is 1. The molecule has 108 valence electrons. The third kappa shape index (κ3) is 2.99. The normalized spacial score (nSPS) is 11.7. The zero-order valence-corrected chi connectivity index (χ0v) is 12.4. The Morgan fingerprint density at radius 1 is 1.40 bits per heavy atom. The van der Waals surface area contributed by atoms with Gasteiger partial charge in [-0.25, -0.2) is 9.78 Å². The molecule has 0 fully saturated rings. The number of aromatic nitrogens is 2. The van der Waals surface area contributed by atoms with E-state index in [-0.39, 0.29) is 0 Å². The van der Waals surface area contributed by atoms with E-state index in [4.69, 9.17) is 5.11 Å². The van der Waals surface area contributed by atoms with Crippen molar-refractivity contribution in [3.8, 4) is 0 Å². The summed E-state index contributed by atoms with van der Waals surface area (Å²) in [4.78, 5) is 17.8. The Kier molecular flexibility index (Phi) is 4.09. The lowest BCUT2D eigenvalue weighted by Crippen LogP contribution is -2.17. The van der Waals surface area contributed by atoms with Gasteiger partial charge >= 0.3 is 5.97 Å². The topological polar surface area (TPSA) is 58.4 Å². The summed E-state index contributed by atoms with van der Waals surface area (Å²) in [6, 6.07) is 5.11. The van der Waals surface area contributed by atoms with Crippen LogP contribution in [0, 0.1) is 5.92 Å². The minimum atomic E-state index is -0.904. The van der Waals surface area contributed by atoms with Crippen LogP contribution in [-0.2, 0) is 13.1 Å². The van der Waals surface area contributed by atoms with Crippen molar-refractivity contribution in [3.05, 3.63) is 29.6 Å². The summed E-state index contributed by atoms with van der Waals surface area (Å²) in [7, 11) is 4.00. The molecule has 5 nitrogen and oxygen atoms in total. The van der Waals surface area contributed by atoms with E-state index in [2.05, 4.69) is 28.3 Å². The third-order valence-corrected chi connectivity index (χ3v) is 3.08. The van der Waals surface area contributed by atoms with Crippen molar-refractivity contribution < 1.29 is 9.90 Å². The van der Waals surface area contributed by atoms with Crippen molar-refractivity contribution in [2.75, 3.05) is 14.1 Å². The molecule has 0 saturated carbocycles. The smallest absolute Gasteiger partial charge is 0.335 e. The summed E-state index contributed by atoms with van der Waals surface area (Å²) >= 11 is 0. The third-order valence-electron chi connectivity index (χ3n) is 3.08. The van der Waals surface area contributed by atoms with Gasteiger partial charge in [-0.1, -0.05) is 13.8 Å². The van der Waals surface area contributed by atoms with Crippen LogP contribution < -0.4 is 0 Å². The van der Waals surface area contributed by atoms with Crippen molar-refractivity contribution in [1.82, 2.24) is 14.5 Å². The minimum absolute atomic E-state index is 0.304. The number of hydrogen-bond donors (Lipinski definition) is 1. The van der Waals surface area contributed by atoms with Crippen LogP contribution in [0.1, 0.15) is 30.0 Å². The maximum Gasteiger partial charge on any atom is 0.335 e. The molecule has 1 N–H and O–H groups in total. The maximum absolute atomic E-state index is 11.1. The Labute approximate surface area is 118 Å². The fourth-order valence-electron chi connectivity index (χ4n) is 2.28. The van der Waals surface area contributed by atoms with E-state index in [0.29, 0.717) is 11.5 Å². The quantitative estimate of drug-likeness (QED) is 0.910. The van der Waals surface area contributed by atoms with E-state index >= 15 is 0 Å². The fourth-order valence-corrected chi connectivity index (χ4v) is 2.28. The largest absolute Gasteiger partial charge is 0.478 e. The van der Waals surface area contributed by atoms with Gasteiger partial charge in [-0.15, -0.1) is 0 Å². The molecular formula is C15H21N3O2. The average molecular weight is 275 g/mol. The Bertz CT molecular complexity index is 629. The predicted molar refractivity (Wildman–Crippen MR) is 78.9 cm³/mol. The highest BCUT2D eigenvalue weighted by Crippen LogP contribution is 2.20. The van der Waals surface area contributed by atoms with Crippen molar-refractivity contribution in [1.29, 1.82) is 0 Å². The van der Waals surface area contributed by atoms with Crippen LogP contribution in [0.5, 0.6) is 0 Å². The number of carboxylic acid groups (broad SMARTS) is 1. The van der Waals surface area contributed by atoms with Crippen molar-refractivity contribution in [2.45, 2.75) is 26.9 Å². The van der Waals surface area contributed by atoms with Gasteiger partial charge in [0.25, 0.3) is 0 Å². The highest BCUT2D eigenvalue weighted by molar-refractivity contribution is 5.92. The molecule has 0 unspecified atom stereocenters. The van der Waals surface area contributed by atoms with Crippen molar-refractivity contribution in [3.63, 3.8) is 0 Å². The van der Waals surface area contributed by atoms with E-state index in [9.17, 15) is 4.79 Å². The summed E-state index contributed by atoms with van der Waals surface area (Å²) in [5.74, 6) is 0.543. The zero-order chi connectivity index (χ0) is 14.9. The Balaban J connectivity index is 2.58. The molecule has 0 bridgehead atoms. The summed E-state index contributed by atoms with van der Waals surface area (Å²) in [6.07, 6.45) is 0. The maximum atomic E-state index is 11.1. The number of fused-ring (bicyclic) bond motifs is 1. The molecule has 0 spiro atoms. The van der Waals surface area contributed by atoms with Gasteiger partial charge in [0.15, 0.2) is 0 Å². The molecule has 1 aromatic heterocycles. The number of rotatable bonds is 5. The SMILES string of the molecule is CC(C)Cn1c(CN(C)C)nc2ccc(C(=O)O)cc21. The van der Waals surface area contributed by atoms with Gasteiger partial charge in [0.2, 0.25) is 0 Å². The second kappa shape index (κ2) is 5.63.